The van der Waals surface area contributed by atoms with Gasteiger partial charge in [0.2, 0.25) is 0 Å². The number of aryl methyl sites for hydroxylation is 1. The number of aromatic nitrogens is 2. The van der Waals surface area contributed by atoms with Gasteiger partial charge in [-0.15, -0.1) is 12.4 Å². The molecule has 6 nitrogen and oxygen atoms in total. The zero-order valence-corrected chi connectivity index (χ0v) is 20.6. The molecule has 1 aliphatic rings. The van der Waals surface area contributed by atoms with Crippen molar-refractivity contribution in [3.63, 3.8) is 0 Å². The molecule has 2 N–H and O–H groups in total. The molecule has 0 aliphatic carbocycles. The van der Waals surface area contributed by atoms with Crippen LogP contribution in [-0.4, -0.2) is 51.9 Å². The number of halogens is 1. The molecule has 178 valence electrons. The van der Waals surface area contributed by atoms with Crippen LogP contribution in [0.25, 0.3) is 10.9 Å². The fraction of sp³-hybridized carbons (Fsp3) is 0.462. The maximum Gasteiger partial charge on any atom is 0.272 e. The number of likely N-dealkylation sites (tertiary alicyclic amines) is 1. The monoisotopic (exact) mass is 470 g/mol. The lowest BCUT2D eigenvalue weighted by molar-refractivity contribution is 0.0932. The average molecular weight is 471 g/mol. The van der Waals surface area contributed by atoms with E-state index in [1.54, 1.807) is 12.1 Å². The molecule has 3 aromatic rings. The first kappa shape index (κ1) is 25.1. The molecule has 4 rings (SSSR count). The number of phenols is 1. The number of carbonyl (C=O) groups is 1. The molecule has 1 amide bonds. The number of fused-ring (bicyclic) bond motifs is 1. The van der Waals surface area contributed by atoms with Crippen LogP contribution >= 0.6 is 12.4 Å². The molecule has 0 radical (unpaired) electrons. The van der Waals surface area contributed by atoms with Crippen molar-refractivity contribution >= 4 is 29.2 Å². The fourth-order valence-electron chi connectivity index (χ4n) is 4.50. The summed E-state index contributed by atoms with van der Waals surface area (Å²) in [5.41, 5.74) is 3.93. The van der Waals surface area contributed by atoms with Crippen LogP contribution in [0.5, 0.6) is 5.75 Å². The van der Waals surface area contributed by atoms with E-state index in [2.05, 4.69) is 47.4 Å². The van der Waals surface area contributed by atoms with E-state index in [0.29, 0.717) is 23.9 Å². The van der Waals surface area contributed by atoms with Crippen LogP contribution in [0.3, 0.4) is 0 Å². The minimum atomic E-state index is -0.0743. The molecule has 0 spiro atoms. The Morgan fingerprint density at radius 3 is 2.52 bits per heavy atom. The average Bonchev–Trinajstić information content (AvgIpc) is 3.17. The summed E-state index contributed by atoms with van der Waals surface area (Å²) in [7, 11) is 0. The molecule has 2 aromatic carbocycles. The minimum Gasteiger partial charge on any atom is -0.508 e. The lowest BCUT2D eigenvalue weighted by atomic mass is 9.96. The second-order valence-electron chi connectivity index (χ2n) is 9.32. The molecule has 33 heavy (non-hydrogen) atoms. The van der Waals surface area contributed by atoms with Crippen molar-refractivity contribution in [3.05, 3.63) is 59.3 Å². The van der Waals surface area contributed by atoms with Gasteiger partial charge < -0.3 is 15.3 Å². The Labute approximate surface area is 202 Å². The van der Waals surface area contributed by atoms with Crippen LogP contribution in [0, 0.1) is 12.8 Å². The summed E-state index contributed by atoms with van der Waals surface area (Å²) in [4.78, 5) is 15.5. The maximum atomic E-state index is 13.0. The summed E-state index contributed by atoms with van der Waals surface area (Å²) in [5.74, 6) is 0.745. The third-order valence-electron chi connectivity index (χ3n) is 6.48. The molecule has 0 unspecified atom stereocenters. The number of hydrogen-bond acceptors (Lipinski definition) is 4. The van der Waals surface area contributed by atoms with Crippen molar-refractivity contribution in [1.29, 1.82) is 0 Å². The summed E-state index contributed by atoms with van der Waals surface area (Å²) in [6, 6.07) is 13.9. The van der Waals surface area contributed by atoms with Gasteiger partial charge in [-0.05, 0) is 88.9 Å². The normalized spacial score (nSPS) is 15.0. The largest absolute Gasteiger partial charge is 0.508 e. The Balaban J connectivity index is 0.00000306. The quantitative estimate of drug-likeness (QED) is 0.523. The molecule has 1 aromatic heterocycles. The first-order valence-corrected chi connectivity index (χ1v) is 11.7. The zero-order valence-electron chi connectivity index (χ0n) is 19.8. The van der Waals surface area contributed by atoms with Crippen molar-refractivity contribution in [2.45, 2.75) is 46.1 Å². The molecule has 1 aliphatic heterocycles. The van der Waals surface area contributed by atoms with Crippen molar-refractivity contribution < 1.29 is 9.90 Å². The molecule has 7 heteroatoms. The number of benzene rings is 2. The highest BCUT2D eigenvalue weighted by molar-refractivity contribution is 6.05. The summed E-state index contributed by atoms with van der Waals surface area (Å²) < 4.78 is 1.94. The number of phenolic OH excluding ortho intramolecular Hbond substituents is 1. The molecule has 0 bridgehead atoms. The number of nitrogens with one attached hydrogen (secondary N) is 1. The van der Waals surface area contributed by atoms with Gasteiger partial charge in [0.1, 0.15) is 5.75 Å². The summed E-state index contributed by atoms with van der Waals surface area (Å²) in [6.07, 6.45) is 3.18. The third kappa shape index (κ3) is 6.06. The van der Waals surface area contributed by atoms with Crippen LogP contribution < -0.4 is 5.32 Å². The predicted octanol–water partition coefficient (Wildman–Crippen LogP) is 4.74. The van der Waals surface area contributed by atoms with Gasteiger partial charge in [0.25, 0.3) is 5.91 Å². The lowest BCUT2D eigenvalue weighted by Gasteiger charge is -2.32. The summed E-state index contributed by atoms with van der Waals surface area (Å²) in [5, 5.41) is 18.1. The smallest absolute Gasteiger partial charge is 0.272 e. The second kappa shape index (κ2) is 11.0. The van der Waals surface area contributed by atoms with Crippen LogP contribution in [-0.2, 0) is 6.42 Å². The molecule has 1 fully saturated rings. The van der Waals surface area contributed by atoms with Gasteiger partial charge in [-0.1, -0.05) is 23.8 Å². The number of rotatable bonds is 7. The third-order valence-corrected chi connectivity index (χ3v) is 6.48. The van der Waals surface area contributed by atoms with Crippen LogP contribution in [0.15, 0.2) is 42.5 Å². The highest BCUT2D eigenvalue weighted by Crippen LogP contribution is 2.24. The lowest BCUT2D eigenvalue weighted by Crippen LogP contribution is -2.39. The maximum absolute atomic E-state index is 13.0. The van der Waals surface area contributed by atoms with Crippen molar-refractivity contribution in [1.82, 2.24) is 20.0 Å². The van der Waals surface area contributed by atoms with Gasteiger partial charge in [-0.2, -0.15) is 5.10 Å². The van der Waals surface area contributed by atoms with Crippen molar-refractivity contribution in [2.24, 2.45) is 5.92 Å². The number of aromatic hydroxyl groups is 1. The fourth-order valence-corrected chi connectivity index (χ4v) is 4.50. The van der Waals surface area contributed by atoms with Gasteiger partial charge in [0.15, 0.2) is 5.69 Å². The number of hydrogen-bond donors (Lipinski definition) is 2. The van der Waals surface area contributed by atoms with E-state index in [-0.39, 0.29) is 24.4 Å². The first-order chi connectivity index (χ1) is 15.4. The van der Waals surface area contributed by atoms with Crippen LogP contribution in [0.4, 0.5) is 0 Å². The van der Waals surface area contributed by atoms with Gasteiger partial charge in [0.05, 0.1) is 5.52 Å². The number of nitrogens with zero attached hydrogens (tertiary/aromatic N) is 3. The van der Waals surface area contributed by atoms with E-state index in [1.807, 2.05) is 23.7 Å². The zero-order chi connectivity index (χ0) is 22.7. The van der Waals surface area contributed by atoms with Crippen molar-refractivity contribution in [3.8, 4) is 5.75 Å². The van der Waals surface area contributed by atoms with E-state index < -0.39 is 0 Å². The highest BCUT2D eigenvalue weighted by Gasteiger charge is 2.22. The summed E-state index contributed by atoms with van der Waals surface area (Å²) in [6.45, 7) is 10.1. The topological polar surface area (TPSA) is 70.4 Å². The van der Waals surface area contributed by atoms with Gasteiger partial charge in [-0.25, -0.2) is 0 Å². The van der Waals surface area contributed by atoms with E-state index in [9.17, 15) is 9.90 Å². The van der Waals surface area contributed by atoms with Crippen LogP contribution in [0.1, 0.15) is 54.3 Å². The van der Waals surface area contributed by atoms with Gasteiger partial charge in [-0.3, -0.25) is 9.48 Å². The standard InChI is InChI=1S/C26H34N4O2.ClH/c1-18(2)30-24-9-4-19(3)16-23(24)25(28-30)26(32)27-17-21-11-14-29(15-12-21)13-10-20-5-7-22(31)8-6-20;/h4-9,16,18,21,31H,10-15,17H2,1-3H3,(H,27,32);1H. The van der Waals surface area contributed by atoms with E-state index in [0.717, 1.165) is 55.4 Å². The number of piperidine rings is 1. The van der Waals surface area contributed by atoms with E-state index >= 15 is 0 Å². The SMILES string of the molecule is Cc1ccc2c(c1)c(C(=O)NCC1CCN(CCc3ccc(O)cc3)CC1)nn2C(C)C.Cl. The van der Waals surface area contributed by atoms with E-state index in [4.69, 9.17) is 0 Å². The molecule has 0 atom stereocenters. The Hall–Kier alpha value is -2.57. The molecule has 2 heterocycles. The Morgan fingerprint density at radius 1 is 1.15 bits per heavy atom. The minimum absolute atomic E-state index is 0. The Bertz CT molecular complexity index is 1070. The molecule has 1 saturated heterocycles. The molecular weight excluding hydrogens is 436 g/mol. The van der Waals surface area contributed by atoms with E-state index in [1.165, 1.54) is 5.56 Å². The first-order valence-electron chi connectivity index (χ1n) is 11.7. The second-order valence-corrected chi connectivity index (χ2v) is 9.32. The van der Waals surface area contributed by atoms with Gasteiger partial charge in [0, 0.05) is 24.5 Å². The number of carbonyl (C=O) groups excluding carboxylic acids is 1. The summed E-state index contributed by atoms with van der Waals surface area (Å²) >= 11 is 0. The van der Waals surface area contributed by atoms with Gasteiger partial charge >= 0.3 is 0 Å². The number of amides is 1. The predicted molar refractivity (Wildman–Crippen MR) is 135 cm³/mol. The molecule has 0 saturated carbocycles. The Kier molecular flexibility index (Phi) is 8.38. The molecular formula is C26H35ClN4O2. The highest BCUT2D eigenvalue weighted by atomic mass is 35.5. The Morgan fingerprint density at radius 2 is 1.85 bits per heavy atom. The van der Waals surface area contributed by atoms with Crippen molar-refractivity contribution in [2.75, 3.05) is 26.2 Å². The van der Waals surface area contributed by atoms with Crippen LogP contribution in [0.2, 0.25) is 0 Å².